The van der Waals surface area contributed by atoms with E-state index in [0.717, 1.165) is 62.2 Å². The number of aliphatic hydroxyl groups is 2. The van der Waals surface area contributed by atoms with Gasteiger partial charge in [0.05, 0.1) is 25.1 Å². The van der Waals surface area contributed by atoms with Crippen molar-refractivity contribution < 1.29 is 74.7 Å². The van der Waals surface area contributed by atoms with Crippen molar-refractivity contribution in [3.05, 3.63) is 215 Å². The molecule has 0 unspecified atom stereocenters. The molecule has 0 saturated carbocycles. The molecule has 0 spiro atoms. The largest absolute Gasteiger partial charge is 3.00 e. The van der Waals surface area contributed by atoms with Crippen molar-refractivity contribution in [3.8, 4) is 0 Å². The topological polar surface area (TPSA) is 201 Å². The van der Waals surface area contributed by atoms with Crippen LogP contribution in [-0.4, -0.2) is 56.2 Å². The minimum absolute atomic E-state index is 0. The Morgan fingerprint density at radius 1 is 0.400 bits per heavy atom. The Morgan fingerprint density at radius 2 is 0.643 bits per heavy atom. The molecule has 0 aliphatic carbocycles. The number of ether oxygens (including phenoxy) is 1. The molecule has 0 bridgehead atoms. The third kappa shape index (κ3) is 24.5. The van der Waals surface area contributed by atoms with Crippen LogP contribution in [0.25, 0.3) is 10.6 Å². The zero-order valence-corrected chi connectivity index (χ0v) is 46.4. The van der Waals surface area contributed by atoms with Gasteiger partial charge < -0.3 is 34.5 Å². The predicted molar refractivity (Wildman–Crippen MR) is 271 cm³/mol. The Balaban J connectivity index is 0.000000939. The zero-order valence-electron chi connectivity index (χ0n) is 41.4. The summed E-state index contributed by atoms with van der Waals surface area (Å²) in [7, 11) is 0. The fraction of sp³-hybridized carbons (Fsp3) is 0.259. The summed E-state index contributed by atoms with van der Waals surface area (Å²) in [4.78, 5) is 48.7. The standard InChI is InChI=1S/C26H38N2O.4C7H5O.N6O.2Zr/c1-15-17(3)21(7)25(22(8)18(15)4)27-11-13-29-14-12-28-26-23(9)19(5)16(2)20(6)24(26)10;4*8-6-7-4-2-1-3-5-7;1-2-3-4-5-6-7;;/h11-14H2,1-10H3;4*1-5H;;;/q-2;4*-1;;+2;+3/p+1/b;;;;;3-2+,5-4+;;. The third-order valence-corrected chi connectivity index (χ3v) is 11.0. The molecular formula is C54H59N8O6Zr2. The quantitative estimate of drug-likeness (QED) is 0.0245. The number of nitroso groups, excluding NO2 is 1. The van der Waals surface area contributed by atoms with E-state index >= 15 is 0 Å². The molecule has 6 aromatic rings. The number of benzene rings is 6. The van der Waals surface area contributed by atoms with E-state index in [1.165, 1.54) is 55.6 Å². The summed E-state index contributed by atoms with van der Waals surface area (Å²) < 4.78 is 7.92. The number of rotatable bonds is 15. The van der Waals surface area contributed by atoms with Gasteiger partial charge in [-0.15, -0.1) is 59.9 Å². The van der Waals surface area contributed by atoms with Crippen LogP contribution in [0.15, 0.2) is 150 Å². The second-order valence-electron chi connectivity index (χ2n) is 14.8. The van der Waals surface area contributed by atoms with E-state index in [1.807, 2.05) is 29.6 Å². The summed E-state index contributed by atoms with van der Waals surface area (Å²) in [5.41, 5.74) is 18.1. The first kappa shape index (κ1) is 63.9. The Hall–Kier alpha value is -6.07. The molecule has 6 rings (SSSR count). The maximum Gasteiger partial charge on any atom is 3.00 e. The molecule has 0 fully saturated rings. The summed E-state index contributed by atoms with van der Waals surface area (Å²) in [6.07, 6.45) is 7.11. The van der Waals surface area contributed by atoms with E-state index in [0.29, 0.717) is 22.3 Å². The van der Waals surface area contributed by atoms with Gasteiger partial charge >= 0.3 is 84.8 Å². The van der Waals surface area contributed by atoms with Gasteiger partial charge in [-0.2, -0.15) is 70.8 Å². The van der Waals surface area contributed by atoms with Gasteiger partial charge in [0.15, 0.2) is 0 Å². The number of nitrogens with zero attached hydrogens (tertiary/aromatic N) is 8. The average Bonchev–Trinajstić information content (AvgIpc) is 3.40. The van der Waals surface area contributed by atoms with Crippen LogP contribution in [0.3, 0.4) is 0 Å². The van der Waals surface area contributed by atoms with Crippen LogP contribution >= 0.6 is 0 Å². The third-order valence-electron chi connectivity index (χ3n) is 10.7. The summed E-state index contributed by atoms with van der Waals surface area (Å²) in [6.45, 7) is 24.9. The molecule has 1 radical (unpaired) electrons. The molecule has 6 aromatic carbocycles. The van der Waals surface area contributed by atoms with Gasteiger partial charge in [-0.3, -0.25) is 0 Å². The second-order valence-corrected chi connectivity index (χ2v) is 15.3. The minimum Gasteiger partial charge on any atom is -0.376 e. The number of hydrogen-bond acceptors (Lipinski definition) is 6. The fourth-order valence-corrected chi connectivity index (χ4v) is 6.21. The van der Waals surface area contributed by atoms with Crippen molar-refractivity contribution in [2.24, 2.45) is 29.2 Å². The van der Waals surface area contributed by atoms with Crippen molar-refractivity contribution in [2.75, 3.05) is 26.3 Å². The molecule has 0 aliphatic rings. The molecule has 0 heterocycles. The van der Waals surface area contributed by atoms with Gasteiger partial charge in [-0.1, -0.05) is 59.6 Å². The minimum atomic E-state index is 0. The van der Waals surface area contributed by atoms with Crippen LogP contribution < -0.4 is 0 Å². The van der Waals surface area contributed by atoms with Crippen LogP contribution in [-0.2, 0) is 69.9 Å². The van der Waals surface area contributed by atoms with E-state index in [-0.39, 0.29) is 26.2 Å². The first-order chi connectivity index (χ1) is 33.2. The van der Waals surface area contributed by atoms with E-state index in [4.69, 9.17) is 15.5 Å². The Bertz CT molecular complexity index is 2230. The monoisotopic (exact) mass is 1100 g/mol. The van der Waals surface area contributed by atoms with E-state index in [1.54, 1.807) is 122 Å². The van der Waals surface area contributed by atoms with Crippen LogP contribution in [0.4, 0.5) is 11.4 Å². The van der Waals surface area contributed by atoms with Gasteiger partial charge in [0.1, 0.15) is 13.2 Å². The van der Waals surface area contributed by atoms with Gasteiger partial charge in [-0.25, -0.2) is 0 Å². The molecule has 0 aliphatic heterocycles. The Kier molecular flexibility index (Phi) is 35.4. The second kappa shape index (κ2) is 38.7. The normalized spacial score (nSPS) is 9.71. The molecular weight excluding hydrogens is 1040 g/mol. The van der Waals surface area contributed by atoms with Crippen LogP contribution in [0.5, 0.6) is 0 Å². The average molecular weight is 1100 g/mol. The van der Waals surface area contributed by atoms with E-state index in [2.05, 4.69) is 97.8 Å². The van der Waals surface area contributed by atoms with Crippen molar-refractivity contribution in [1.82, 2.24) is 0 Å². The van der Waals surface area contributed by atoms with Gasteiger partial charge in [0, 0.05) is 0 Å². The molecule has 0 amide bonds. The predicted octanol–water partition coefficient (Wildman–Crippen LogP) is 12.7. The molecule has 0 aromatic heterocycles. The first-order valence-electron chi connectivity index (χ1n) is 21.6. The molecule has 359 valence electrons. The first-order valence-corrected chi connectivity index (χ1v) is 22.7. The Labute approximate surface area is 447 Å². The summed E-state index contributed by atoms with van der Waals surface area (Å²) in [6, 6.07) is 35.6. The zero-order chi connectivity index (χ0) is 51.4. The van der Waals surface area contributed by atoms with Gasteiger partial charge in [0.25, 0.3) is 0 Å². The van der Waals surface area contributed by atoms with Crippen molar-refractivity contribution >= 4 is 36.5 Å². The van der Waals surface area contributed by atoms with Crippen LogP contribution in [0, 0.1) is 74.1 Å². The smallest absolute Gasteiger partial charge is 0.376 e. The molecule has 16 heteroatoms. The Morgan fingerprint density at radius 3 is 0.857 bits per heavy atom. The van der Waals surface area contributed by atoms with E-state index in [9.17, 15) is 19.2 Å². The van der Waals surface area contributed by atoms with Crippen molar-refractivity contribution in [1.29, 1.82) is 0 Å². The van der Waals surface area contributed by atoms with Crippen molar-refractivity contribution in [2.45, 2.75) is 69.2 Å². The van der Waals surface area contributed by atoms with E-state index < -0.39 is 0 Å². The molecule has 70 heavy (non-hydrogen) atoms. The molecule has 0 atom stereocenters. The SMILES string of the molecule is Cc1c(C)c(C)c([N-]CC[OH+]CC[N-]c2c(C)c(C)c(C)c(C)c2C)c(C)c1C.O=N/N=N/N=N/[N]=[Zr+2].O=[C-]c1ccccc1.O=[C-]c1ccccc1.O=[C-]c1ccccc1.O=[C-]c1ccccc1.[Zr+3]. The molecule has 1 N–H and O–H groups in total. The van der Waals surface area contributed by atoms with Crippen LogP contribution in [0.2, 0.25) is 0 Å². The number of carbonyl (C=O) groups excluding carboxylic acids is 4. The fourth-order valence-electron chi connectivity index (χ4n) is 6.11. The van der Waals surface area contributed by atoms with Crippen LogP contribution in [0.1, 0.15) is 77.9 Å². The summed E-state index contributed by atoms with van der Waals surface area (Å²) in [5.74, 6) is 0. The van der Waals surface area contributed by atoms with Gasteiger partial charge in [-0.05, 0) is 103 Å². The molecule has 14 nitrogen and oxygen atoms in total. The maximum absolute atomic E-state index is 9.88. The van der Waals surface area contributed by atoms with Crippen molar-refractivity contribution in [3.63, 3.8) is 0 Å². The maximum atomic E-state index is 9.88. The molecule has 0 saturated heterocycles. The number of hydrogen-bond donors (Lipinski definition) is 0. The summed E-state index contributed by atoms with van der Waals surface area (Å²) >= 11 is 0.860. The van der Waals surface area contributed by atoms with Gasteiger partial charge in [0.2, 0.25) is 0 Å². The summed E-state index contributed by atoms with van der Waals surface area (Å²) in [5, 5.41) is 23.1.